The fourth-order valence-corrected chi connectivity index (χ4v) is 3.03. The predicted octanol–water partition coefficient (Wildman–Crippen LogP) is 8.08. The predicted molar refractivity (Wildman–Crippen MR) is 130 cm³/mol. The highest BCUT2D eigenvalue weighted by Crippen LogP contribution is 2.38. The lowest BCUT2D eigenvalue weighted by molar-refractivity contribution is 0.0449. The van der Waals surface area contributed by atoms with E-state index in [2.05, 4.69) is 58.7 Å². The highest BCUT2D eigenvalue weighted by Gasteiger charge is 2.26. The number of diazo groups is 1. The summed E-state index contributed by atoms with van der Waals surface area (Å²) in [5, 5.41) is 8.71. The van der Waals surface area contributed by atoms with Gasteiger partial charge in [0.2, 0.25) is 5.39 Å². The number of rotatable bonds is 9. The molecular formula is C25H33BF4N2O3. The van der Waals surface area contributed by atoms with Crippen LogP contribution in [0.15, 0.2) is 42.5 Å². The van der Waals surface area contributed by atoms with Crippen molar-refractivity contribution in [1.82, 2.24) is 0 Å². The molecule has 2 aromatic carbocycles. The van der Waals surface area contributed by atoms with E-state index in [0.717, 1.165) is 18.6 Å². The number of ether oxygens (including phenoxy) is 2. The van der Waals surface area contributed by atoms with E-state index < -0.39 is 13.2 Å². The van der Waals surface area contributed by atoms with Crippen molar-refractivity contribution in [2.75, 3.05) is 13.2 Å². The van der Waals surface area contributed by atoms with Gasteiger partial charge in [-0.2, -0.15) is 0 Å². The summed E-state index contributed by atoms with van der Waals surface area (Å²) < 4.78 is 50.3. The van der Waals surface area contributed by atoms with Gasteiger partial charge in [0.15, 0.2) is 4.98 Å². The molecule has 0 unspecified atom stereocenters. The average molecular weight is 496 g/mol. The van der Waals surface area contributed by atoms with E-state index in [1.54, 1.807) is 24.3 Å². The smallest absolute Gasteiger partial charge is 0.490 e. The van der Waals surface area contributed by atoms with Gasteiger partial charge in [0.05, 0.1) is 5.56 Å². The molecule has 0 bridgehead atoms. The lowest BCUT2D eigenvalue weighted by Crippen LogP contribution is -2.22. The Labute approximate surface area is 204 Å². The number of carbonyl (C=O) groups is 1. The average Bonchev–Trinajstić information content (AvgIpc) is 2.80. The minimum absolute atomic E-state index is 0.0225. The highest BCUT2D eigenvalue weighted by molar-refractivity contribution is 6.50. The van der Waals surface area contributed by atoms with Crippen LogP contribution in [0.5, 0.6) is 5.75 Å². The van der Waals surface area contributed by atoms with Crippen LogP contribution in [0.2, 0.25) is 0 Å². The van der Waals surface area contributed by atoms with Crippen molar-refractivity contribution in [3.8, 4) is 5.75 Å². The number of esters is 1. The van der Waals surface area contributed by atoms with E-state index >= 15 is 0 Å². The number of carbonyl (C=O) groups excluding carboxylic acids is 1. The van der Waals surface area contributed by atoms with E-state index in [9.17, 15) is 22.1 Å². The van der Waals surface area contributed by atoms with Crippen molar-refractivity contribution in [3.63, 3.8) is 0 Å². The Morgan fingerprint density at radius 2 is 1.46 bits per heavy atom. The fraction of sp³-hybridized carbons (Fsp3) is 0.480. The fourth-order valence-electron chi connectivity index (χ4n) is 3.03. The van der Waals surface area contributed by atoms with Crippen LogP contribution in [0.4, 0.5) is 23.0 Å². The molecular weight excluding hydrogens is 463 g/mol. The first-order valence-corrected chi connectivity index (χ1v) is 11.4. The third-order valence-corrected chi connectivity index (χ3v) is 6.05. The van der Waals surface area contributed by atoms with Crippen LogP contribution < -0.4 is 4.74 Å². The van der Waals surface area contributed by atoms with Gasteiger partial charge in [0, 0.05) is 17.7 Å². The summed E-state index contributed by atoms with van der Waals surface area (Å²) in [7, 11) is -6.00. The molecule has 10 heteroatoms. The first-order chi connectivity index (χ1) is 16.1. The molecule has 5 nitrogen and oxygen atoms in total. The molecule has 35 heavy (non-hydrogen) atoms. The molecule has 0 aliphatic heterocycles. The lowest BCUT2D eigenvalue weighted by Gasteiger charge is -2.30. The quantitative estimate of drug-likeness (QED) is 0.116. The van der Waals surface area contributed by atoms with Gasteiger partial charge < -0.3 is 26.7 Å². The van der Waals surface area contributed by atoms with Gasteiger partial charge in [-0.3, -0.25) is 0 Å². The molecule has 2 aromatic rings. The van der Waals surface area contributed by atoms with Crippen LogP contribution in [0.1, 0.15) is 75.9 Å². The van der Waals surface area contributed by atoms with Crippen molar-refractivity contribution in [3.05, 3.63) is 64.1 Å². The number of nitrogens with zero attached hydrogens (tertiary/aromatic N) is 2. The second-order valence-corrected chi connectivity index (χ2v) is 9.31. The lowest BCUT2D eigenvalue weighted by atomic mass is 9.76. The number of benzene rings is 2. The van der Waals surface area contributed by atoms with Crippen LogP contribution in [0, 0.1) is 5.39 Å². The first-order valence-electron chi connectivity index (χ1n) is 11.4. The molecule has 2 rings (SSSR count). The molecule has 0 fully saturated rings. The maximum atomic E-state index is 12.1. The van der Waals surface area contributed by atoms with Crippen LogP contribution >= 0.6 is 0 Å². The van der Waals surface area contributed by atoms with Gasteiger partial charge >= 0.3 is 18.9 Å². The van der Waals surface area contributed by atoms with Crippen LogP contribution in [0.3, 0.4) is 0 Å². The molecule has 0 saturated heterocycles. The minimum Gasteiger partial charge on any atom is -0.490 e. The zero-order chi connectivity index (χ0) is 26.9. The van der Waals surface area contributed by atoms with E-state index in [1.165, 1.54) is 11.1 Å². The molecule has 0 aromatic heterocycles. The highest BCUT2D eigenvalue weighted by atomic mass is 19.5. The molecule has 0 saturated carbocycles. The molecule has 0 aliphatic rings. The summed E-state index contributed by atoms with van der Waals surface area (Å²) >= 11 is 0. The van der Waals surface area contributed by atoms with Crippen LogP contribution in [0.25, 0.3) is 4.98 Å². The molecule has 0 aliphatic carbocycles. The second-order valence-electron chi connectivity index (χ2n) is 9.31. The Hall–Kier alpha value is -3.09. The summed E-state index contributed by atoms with van der Waals surface area (Å²) in [5.74, 6) is 0.403. The molecule has 0 N–H and O–H groups in total. The first kappa shape index (κ1) is 29.9. The number of hydrogen-bond acceptors (Lipinski definition) is 4. The minimum atomic E-state index is -6.00. The van der Waals surface area contributed by atoms with Gasteiger partial charge in [-0.25, -0.2) is 4.79 Å². The molecule has 0 amide bonds. The summed E-state index contributed by atoms with van der Waals surface area (Å²) in [6.45, 7) is 13.8. The van der Waals surface area contributed by atoms with Crippen molar-refractivity contribution in [2.45, 2.75) is 65.2 Å². The summed E-state index contributed by atoms with van der Waals surface area (Å²) in [4.78, 5) is 15.2. The largest absolute Gasteiger partial charge is 0.673 e. The zero-order valence-corrected chi connectivity index (χ0v) is 21.1. The van der Waals surface area contributed by atoms with Crippen molar-refractivity contribution in [2.24, 2.45) is 0 Å². The van der Waals surface area contributed by atoms with E-state index in [0.29, 0.717) is 11.3 Å². The third kappa shape index (κ3) is 9.97. The molecule has 0 atom stereocenters. The van der Waals surface area contributed by atoms with E-state index in [1.807, 2.05) is 6.07 Å². The van der Waals surface area contributed by atoms with Crippen molar-refractivity contribution in [1.29, 1.82) is 5.39 Å². The third-order valence-electron chi connectivity index (χ3n) is 6.05. The second kappa shape index (κ2) is 12.6. The van der Waals surface area contributed by atoms with Gasteiger partial charge in [-0.05, 0) is 47.4 Å². The number of halogens is 4. The Balaban J connectivity index is 0.00000111. The van der Waals surface area contributed by atoms with E-state index in [4.69, 9.17) is 14.9 Å². The molecule has 0 spiro atoms. The summed E-state index contributed by atoms with van der Waals surface area (Å²) in [6, 6.07) is 12.7. The Morgan fingerprint density at radius 3 is 1.94 bits per heavy atom. The van der Waals surface area contributed by atoms with Gasteiger partial charge in [-0.15, -0.1) is 0 Å². The van der Waals surface area contributed by atoms with Gasteiger partial charge in [0.25, 0.3) is 0 Å². The zero-order valence-electron chi connectivity index (χ0n) is 21.1. The standard InChI is InChI=1S/C25H33N2O3.BF4/c1-7-24(3,4)19-11-14-22(21(17-19)25(5,6)8-2)29-15-16-30-23(28)18-9-12-20(27-26)13-10-18;2-1(3,4)5/h9-14,17H,7-8,15-16H2,1-6H3;/q+1;-1. The molecule has 192 valence electrons. The van der Waals surface area contributed by atoms with Gasteiger partial charge in [-0.1, -0.05) is 53.7 Å². The summed E-state index contributed by atoms with van der Waals surface area (Å²) in [6.07, 6.45) is 2.05. The topological polar surface area (TPSA) is 63.7 Å². The molecule has 0 radical (unpaired) electrons. The maximum Gasteiger partial charge on any atom is 0.673 e. The monoisotopic (exact) mass is 496 g/mol. The van der Waals surface area contributed by atoms with Crippen molar-refractivity contribution >= 4 is 18.9 Å². The molecule has 0 heterocycles. The Kier molecular flexibility index (Phi) is 10.8. The Morgan fingerprint density at radius 1 is 0.914 bits per heavy atom. The maximum absolute atomic E-state index is 12.1. The van der Waals surface area contributed by atoms with Crippen LogP contribution in [-0.2, 0) is 15.6 Å². The summed E-state index contributed by atoms with van der Waals surface area (Å²) in [5.41, 5.74) is 3.35. The van der Waals surface area contributed by atoms with Gasteiger partial charge in [0.1, 0.15) is 19.0 Å². The number of hydrogen-bond donors (Lipinski definition) is 0. The Bertz CT molecular complexity index is 1010. The van der Waals surface area contributed by atoms with E-state index in [-0.39, 0.29) is 24.0 Å². The van der Waals surface area contributed by atoms with Crippen molar-refractivity contribution < 1.29 is 31.5 Å². The van der Waals surface area contributed by atoms with Crippen LogP contribution in [-0.4, -0.2) is 26.4 Å². The SMILES string of the molecule is CCC(C)(C)c1ccc(OCCOC(=O)c2ccc([N+]#N)cc2)c(C(C)(C)CC)c1.F[B-](F)(F)F. The normalized spacial score (nSPS) is 11.7.